The second-order valence-corrected chi connectivity index (χ2v) is 3.83. The lowest BCUT2D eigenvalue weighted by Crippen LogP contribution is -2.45. The maximum absolute atomic E-state index is 11.5. The molecule has 3 N–H and O–H groups in total. The third kappa shape index (κ3) is 7.62. The number of carbonyl (C=O) groups is 1. The Morgan fingerprint density at radius 2 is 2.19 bits per heavy atom. The van der Waals surface area contributed by atoms with E-state index in [0.717, 1.165) is 6.42 Å². The highest BCUT2D eigenvalue weighted by Gasteiger charge is 2.12. The Labute approximate surface area is 97.6 Å². The number of hydrogen-bond acceptors (Lipinski definition) is 4. The third-order valence-corrected chi connectivity index (χ3v) is 2.35. The second-order valence-electron chi connectivity index (χ2n) is 3.83. The zero-order valence-corrected chi connectivity index (χ0v) is 10.5. The van der Waals surface area contributed by atoms with Crippen LogP contribution in [0.25, 0.3) is 0 Å². The van der Waals surface area contributed by atoms with Gasteiger partial charge in [0.25, 0.3) is 0 Å². The molecule has 0 aromatic rings. The number of rotatable bonds is 9. The summed E-state index contributed by atoms with van der Waals surface area (Å²) in [6.07, 6.45) is 1.12. The Morgan fingerprint density at radius 3 is 2.75 bits per heavy atom. The maximum Gasteiger partial charge on any atom is 0.236 e. The standard InChI is InChI=1S/C11H24N2O3/c1-4-10(14)8-13-9(2)11(15)12-6-5-7-16-3/h9-10,13-14H,4-8H2,1-3H3,(H,12,15). The van der Waals surface area contributed by atoms with Crippen molar-refractivity contribution in [1.82, 2.24) is 10.6 Å². The molecule has 0 aliphatic rings. The molecule has 1 amide bonds. The maximum atomic E-state index is 11.5. The molecule has 5 heteroatoms. The van der Waals surface area contributed by atoms with Crippen molar-refractivity contribution < 1.29 is 14.6 Å². The van der Waals surface area contributed by atoms with Crippen LogP contribution in [0.4, 0.5) is 0 Å². The molecular weight excluding hydrogens is 208 g/mol. The lowest BCUT2D eigenvalue weighted by molar-refractivity contribution is -0.122. The van der Waals surface area contributed by atoms with Crippen molar-refractivity contribution in [1.29, 1.82) is 0 Å². The fraction of sp³-hybridized carbons (Fsp3) is 0.909. The molecule has 5 nitrogen and oxygen atoms in total. The second kappa shape index (κ2) is 9.57. The van der Waals surface area contributed by atoms with Crippen LogP contribution in [0.5, 0.6) is 0 Å². The van der Waals surface area contributed by atoms with Crippen LogP contribution in [0.3, 0.4) is 0 Å². The van der Waals surface area contributed by atoms with Crippen molar-refractivity contribution in [2.24, 2.45) is 0 Å². The predicted molar refractivity (Wildman–Crippen MR) is 63.3 cm³/mol. The van der Waals surface area contributed by atoms with Crippen molar-refractivity contribution in [2.75, 3.05) is 26.8 Å². The molecule has 0 fully saturated rings. The molecule has 0 bridgehead atoms. The lowest BCUT2D eigenvalue weighted by atomic mass is 10.2. The minimum Gasteiger partial charge on any atom is -0.392 e. The van der Waals surface area contributed by atoms with Crippen LogP contribution in [0.15, 0.2) is 0 Å². The van der Waals surface area contributed by atoms with Gasteiger partial charge in [0.15, 0.2) is 0 Å². The van der Waals surface area contributed by atoms with E-state index in [2.05, 4.69) is 10.6 Å². The largest absolute Gasteiger partial charge is 0.392 e. The zero-order chi connectivity index (χ0) is 12.4. The van der Waals surface area contributed by atoms with Crippen molar-refractivity contribution in [3.8, 4) is 0 Å². The average molecular weight is 232 g/mol. The summed E-state index contributed by atoms with van der Waals surface area (Å²) in [5, 5.41) is 15.1. The molecule has 0 aliphatic carbocycles. The Morgan fingerprint density at radius 1 is 1.50 bits per heavy atom. The molecule has 2 unspecified atom stereocenters. The highest BCUT2D eigenvalue weighted by Crippen LogP contribution is 1.89. The van der Waals surface area contributed by atoms with E-state index in [0.29, 0.717) is 26.1 Å². The Bertz CT molecular complexity index is 188. The quantitative estimate of drug-likeness (QED) is 0.485. The summed E-state index contributed by atoms with van der Waals surface area (Å²) in [6, 6.07) is -0.274. The summed E-state index contributed by atoms with van der Waals surface area (Å²) in [6.45, 7) is 5.41. The smallest absolute Gasteiger partial charge is 0.236 e. The number of hydrogen-bond donors (Lipinski definition) is 3. The topological polar surface area (TPSA) is 70.6 Å². The first-order valence-electron chi connectivity index (χ1n) is 5.79. The molecule has 2 atom stereocenters. The van der Waals surface area contributed by atoms with Crippen molar-refractivity contribution in [3.63, 3.8) is 0 Å². The molecule has 96 valence electrons. The number of carbonyl (C=O) groups excluding carboxylic acids is 1. The summed E-state index contributed by atoms with van der Waals surface area (Å²) in [7, 11) is 1.64. The van der Waals surface area contributed by atoms with E-state index in [9.17, 15) is 9.90 Å². The summed E-state index contributed by atoms with van der Waals surface area (Å²) in [4.78, 5) is 11.5. The third-order valence-electron chi connectivity index (χ3n) is 2.35. The van der Waals surface area contributed by atoms with Crippen LogP contribution < -0.4 is 10.6 Å². The van der Waals surface area contributed by atoms with Gasteiger partial charge in [0.05, 0.1) is 12.1 Å². The predicted octanol–water partition coefficient (Wildman–Crippen LogP) is -0.112. The minimum atomic E-state index is -0.385. The Kier molecular flexibility index (Phi) is 9.18. The minimum absolute atomic E-state index is 0.0422. The number of amides is 1. The fourth-order valence-electron chi connectivity index (χ4n) is 1.13. The van der Waals surface area contributed by atoms with Gasteiger partial charge in [-0.25, -0.2) is 0 Å². The van der Waals surface area contributed by atoms with Crippen molar-refractivity contribution in [3.05, 3.63) is 0 Å². The summed E-state index contributed by atoms with van der Waals surface area (Å²) in [5.41, 5.74) is 0. The molecule has 0 radical (unpaired) electrons. The van der Waals surface area contributed by atoms with Crippen molar-refractivity contribution in [2.45, 2.75) is 38.8 Å². The summed E-state index contributed by atoms with van der Waals surface area (Å²) in [5.74, 6) is -0.0422. The highest BCUT2D eigenvalue weighted by atomic mass is 16.5. The molecule has 0 rings (SSSR count). The molecule has 0 spiro atoms. The van der Waals surface area contributed by atoms with E-state index in [4.69, 9.17) is 4.74 Å². The summed E-state index contributed by atoms with van der Waals surface area (Å²) < 4.78 is 4.88. The molecule has 0 saturated heterocycles. The molecule has 0 aromatic heterocycles. The SMILES string of the molecule is CCC(O)CNC(C)C(=O)NCCCOC. The normalized spacial score (nSPS) is 14.5. The summed E-state index contributed by atoms with van der Waals surface area (Å²) >= 11 is 0. The highest BCUT2D eigenvalue weighted by molar-refractivity contribution is 5.81. The van der Waals surface area contributed by atoms with Gasteiger partial charge in [0.2, 0.25) is 5.91 Å². The Balaban J connectivity index is 3.57. The van der Waals surface area contributed by atoms with Gasteiger partial charge in [-0.1, -0.05) is 6.92 Å². The van der Waals surface area contributed by atoms with Gasteiger partial charge in [-0.15, -0.1) is 0 Å². The van der Waals surface area contributed by atoms with E-state index in [1.54, 1.807) is 14.0 Å². The Hall–Kier alpha value is -0.650. The molecule has 16 heavy (non-hydrogen) atoms. The van der Waals surface area contributed by atoms with Crippen LogP contribution in [0.2, 0.25) is 0 Å². The number of ether oxygens (including phenoxy) is 1. The fourth-order valence-corrected chi connectivity index (χ4v) is 1.13. The van der Waals surface area contributed by atoms with Crippen LogP contribution in [0, 0.1) is 0 Å². The number of methoxy groups -OCH3 is 1. The van der Waals surface area contributed by atoms with Gasteiger partial charge in [0, 0.05) is 26.8 Å². The molecule has 0 heterocycles. The molecule has 0 aliphatic heterocycles. The van der Waals surface area contributed by atoms with E-state index in [-0.39, 0.29) is 18.1 Å². The van der Waals surface area contributed by atoms with E-state index in [1.165, 1.54) is 0 Å². The number of aliphatic hydroxyl groups excluding tert-OH is 1. The lowest BCUT2D eigenvalue weighted by Gasteiger charge is -2.16. The van der Waals surface area contributed by atoms with Crippen LogP contribution >= 0.6 is 0 Å². The van der Waals surface area contributed by atoms with E-state index in [1.807, 2.05) is 6.92 Å². The molecule has 0 saturated carbocycles. The zero-order valence-electron chi connectivity index (χ0n) is 10.5. The van der Waals surface area contributed by atoms with Gasteiger partial charge >= 0.3 is 0 Å². The van der Waals surface area contributed by atoms with Gasteiger partial charge in [-0.05, 0) is 19.8 Å². The first-order chi connectivity index (χ1) is 7.61. The average Bonchev–Trinajstić information content (AvgIpc) is 2.30. The van der Waals surface area contributed by atoms with Gasteiger partial charge in [0.1, 0.15) is 0 Å². The van der Waals surface area contributed by atoms with Crippen molar-refractivity contribution >= 4 is 5.91 Å². The van der Waals surface area contributed by atoms with Gasteiger partial charge in [-0.2, -0.15) is 0 Å². The monoisotopic (exact) mass is 232 g/mol. The first kappa shape index (κ1) is 15.3. The van der Waals surface area contributed by atoms with Gasteiger partial charge < -0.3 is 20.5 Å². The van der Waals surface area contributed by atoms with Crippen LogP contribution in [-0.4, -0.2) is 50.0 Å². The number of aliphatic hydroxyl groups is 1. The number of nitrogens with one attached hydrogen (secondary N) is 2. The van der Waals surface area contributed by atoms with E-state index >= 15 is 0 Å². The molecule has 0 aromatic carbocycles. The van der Waals surface area contributed by atoms with Gasteiger partial charge in [-0.3, -0.25) is 4.79 Å². The van der Waals surface area contributed by atoms with E-state index < -0.39 is 0 Å². The first-order valence-corrected chi connectivity index (χ1v) is 5.79. The molecular formula is C11H24N2O3. The van der Waals surface area contributed by atoms with Crippen LogP contribution in [-0.2, 0) is 9.53 Å². The van der Waals surface area contributed by atoms with Crippen LogP contribution in [0.1, 0.15) is 26.7 Å².